The van der Waals surface area contributed by atoms with Crippen molar-refractivity contribution in [2.75, 3.05) is 0 Å². The summed E-state index contributed by atoms with van der Waals surface area (Å²) in [5.41, 5.74) is 0. The van der Waals surface area contributed by atoms with E-state index < -0.39 is 0 Å². The second kappa shape index (κ2) is 7.87. The molecule has 0 spiro atoms. The van der Waals surface area contributed by atoms with Crippen LogP contribution >= 0.6 is 0 Å². The van der Waals surface area contributed by atoms with E-state index in [2.05, 4.69) is 13.8 Å². The Morgan fingerprint density at radius 3 is 1.52 bits per heavy atom. The van der Waals surface area contributed by atoms with Gasteiger partial charge in [0.1, 0.15) is 0 Å². The average Bonchev–Trinajstić information content (AvgIpc) is 2.55. The minimum atomic E-state index is -0.0645. The fourth-order valence-electron chi connectivity index (χ4n) is 6.22. The Balaban J connectivity index is 1.73. The lowest BCUT2D eigenvalue weighted by Crippen LogP contribution is -2.41. The first-order chi connectivity index (χ1) is 11.1. The van der Waals surface area contributed by atoms with E-state index in [1.54, 1.807) is 0 Å². The molecule has 3 saturated carbocycles. The minimum Gasteiger partial charge on any atom is -0.393 e. The highest BCUT2D eigenvalue weighted by molar-refractivity contribution is 4.91. The summed E-state index contributed by atoms with van der Waals surface area (Å²) in [5.74, 6) is 4.38. The standard InChI is InChI=1S/C21H38O2/c1-14-12-17(8-10-19(14)22)21(16-6-4-3-5-7-16)18-9-11-20(23)15(2)13-18/h14-23H,3-13H2,1-2H3. The summed E-state index contributed by atoms with van der Waals surface area (Å²) in [6.45, 7) is 4.50. The highest BCUT2D eigenvalue weighted by atomic mass is 16.3. The van der Waals surface area contributed by atoms with Crippen LogP contribution in [0.1, 0.15) is 84.5 Å². The monoisotopic (exact) mass is 322 g/mol. The van der Waals surface area contributed by atoms with Gasteiger partial charge in [0.25, 0.3) is 0 Å². The van der Waals surface area contributed by atoms with Gasteiger partial charge in [0, 0.05) is 0 Å². The van der Waals surface area contributed by atoms with E-state index in [9.17, 15) is 10.2 Å². The maximum Gasteiger partial charge on any atom is 0.0566 e. The van der Waals surface area contributed by atoms with Gasteiger partial charge >= 0.3 is 0 Å². The molecule has 0 saturated heterocycles. The van der Waals surface area contributed by atoms with E-state index in [-0.39, 0.29) is 12.2 Å². The van der Waals surface area contributed by atoms with Gasteiger partial charge in [-0.3, -0.25) is 0 Å². The van der Waals surface area contributed by atoms with Crippen LogP contribution in [0.2, 0.25) is 0 Å². The third-order valence-electron chi connectivity index (χ3n) is 7.61. The molecule has 0 bridgehead atoms. The largest absolute Gasteiger partial charge is 0.393 e. The topological polar surface area (TPSA) is 40.5 Å². The molecule has 3 aliphatic carbocycles. The Bertz CT molecular complexity index is 337. The fourth-order valence-corrected chi connectivity index (χ4v) is 6.22. The molecule has 6 atom stereocenters. The lowest BCUT2D eigenvalue weighted by atomic mass is 9.59. The van der Waals surface area contributed by atoms with Gasteiger partial charge < -0.3 is 10.2 Å². The highest BCUT2D eigenvalue weighted by Crippen LogP contribution is 2.49. The van der Waals surface area contributed by atoms with Crippen molar-refractivity contribution in [3.63, 3.8) is 0 Å². The van der Waals surface area contributed by atoms with Crippen LogP contribution in [0.15, 0.2) is 0 Å². The van der Waals surface area contributed by atoms with Crippen LogP contribution in [0, 0.1) is 35.5 Å². The van der Waals surface area contributed by atoms with E-state index in [0.717, 1.165) is 36.5 Å². The predicted octanol–water partition coefficient (Wildman–Crippen LogP) is 4.78. The van der Waals surface area contributed by atoms with Crippen LogP contribution in [0.4, 0.5) is 0 Å². The predicted molar refractivity (Wildman–Crippen MR) is 95.1 cm³/mol. The van der Waals surface area contributed by atoms with Crippen molar-refractivity contribution in [1.29, 1.82) is 0 Å². The van der Waals surface area contributed by atoms with Crippen LogP contribution in [-0.2, 0) is 0 Å². The summed E-state index contributed by atoms with van der Waals surface area (Å²) in [7, 11) is 0. The zero-order valence-corrected chi connectivity index (χ0v) is 15.3. The van der Waals surface area contributed by atoms with Gasteiger partial charge in [0.2, 0.25) is 0 Å². The van der Waals surface area contributed by atoms with Crippen molar-refractivity contribution in [3.05, 3.63) is 0 Å². The first-order valence-corrected chi connectivity index (χ1v) is 10.4. The van der Waals surface area contributed by atoms with Gasteiger partial charge in [0.05, 0.1) is 12.2 Å². The second-order valence-corrected chi connectivity index (χ2v) is 9.21. The van der Waals surface area contributed by atoms with Gasteiger partial charge in [-0.2, -0.15) is 0 Å². The van der Waals surface area contributed by atoms with E-state index in [1.807, 2.05) is 0 Å². The van der Waals surface area contributed by atoms with E-state index >= 15 is 0 Å². The quantitative estimate of drug-likeness (QED) is 0.785. The van der Waals surface area contributed by atoms with Gasteiger partial charge in [-0.25, -0.2) is 0 Å². The molecule has 3 rings (SSSR count). The maximum atomic E-state index is 10.1. The molecule has 0 aromatic rings. The van der Waals surface area contributed by atoms with E-state index in [4.69, 9.17) is 0 Å². The maximum absolute atomic E-state index is 10.1. The first kappa shape index (κ1) is 17.7. The average molecular weight is 323 g/mol. The van der Waals surface area contributed by atoms with Gasteiger partial charge in [0.15, 0.2) is 0 Å². The summed E-state index contributed by atoms with van der Waals surface area (Å²) >= 11 is 0. The number of aliphatic hydroxyl groups excluding tert-OH is 2. The number of hydrogen-bond acceptors (Lipinski definition) is 2. The molecule has 0 aliphatic heterocycles. The zero-order chi connectivity index (χ0) is 16.4. The van der Waals surface area contributed by atoms with Crippen molar-refractivity contribution in [2.24, 2.45) is 35.5 Å². The van der Waals surface area contributed by atoms with Crippen molar-refractivity contribution < 1.29 is 10.2 Å². The summed E-state index contributed by atoms with van der Waals surface area (Å²) in [5, 5.41) is 20.3. The lowest BCUT2D eigenvalue weighted by molar-refractivity contribution is -0.0216. The molecule has 3 aliphatic rings. The minimum absolute atomic E-state index is 0.0645. The van der Waals surface area contributed by atoms with Gasteiger partial charge in [-0.1, -0.05) is 46.0 Å². The lowest BCUT2D eigenvalue weighted by Gasteiger charge is -2.47. The van der Waals surface area contributed by atoms with Gasteiger partial charge in [-0.05, 0) is 74.0 Å². The summed E-state index contributed by atoms with van der Waals surface area (Å²) < 4.78 is 0. The van der Waals surface area contributed by atoms with E-state index in [0.29, 0.717) is 11.8 Å². The summed E-state index contributed by atoms with van der Waals surface area (Å²) in [4.78, 5) is 0. The summed E-state index contributed by atoms with van der Waals surface area (Å²) in [6, 6.07) is 0. The highest BCUT2D eigenvalue weighted by Gasteiger charge is 2.41. The molecule has 0 aromatic carbocycles. The van der Waals surface area contributed by atoms with Crippen LogP contribution in [-0.4, -0.2) is 22.4 Å². The van der Waals surface area contributed by atoms with Crippen LogP contribution in [0.25, 0.3) is 0 Å². The van der Waals surface area contributed by atoms with Crippen molar-refractivity contribution >= 4 is 0 Å². The Morgan fingerprint density at radius 2 is 1.09 bits per heavy atom. The number of rotatable bonds is 3. The molecule has 2 N–H and O–H groups in total. The first-order valence-electron chi connectivity index (χ1n) is 10.4. The van der Waals surface area contributed by atoms with Gasteiger partial charge in [-0.15, -0.1) is 0 Å². The Kier molecular flexibility index (Phi) is 6.07. The molecule has 2 nitrogen and oxygen atoms in total. The SMILES string of the molecule is CC1CC(C(C2CCCCC2)C2CCC(O)C(C)C2)CCC1O. The molecule has 0 amide bonds. The Labute approximate surface area is 143 Å². The molecule has 2 heteroatoms. The molecule has 0 heterocycles. The van der Waals surface area contributed by atoms with E-state index in [1.165, 1.54) is 57.8 Å². The normalized spacial score (nSPS) is 44.9. The molecule has 23 heavy (non-hydrogen) atoms. The van der Waals surface area contributed by atoms with Crippen LogP contribution in [0.5, 0.6) is 0 Å². The zero-order valence-electron chi connectivity index (χ0n) is 15.3. The van der Waals surface area contributed by atoms with Crippen LogP contribution < -0.4 is 0 Å². The molecular formula is C21H38O2. The van der Waals surface area contributed by atoms with Crippen LogP contribution in [0.3, 0.4) is 0 Å². The summed E-state index contributed by atoms with van der Waals surface area (Å²) in [6.07, 6.45) is 14.0. The molecule has 0 radical (unpaired) electrons. The van der Waals surface area contributed by atoms with Crippen molar-refractivity contribution in [1.82, 2.24) is 0 Å². The number of aliphatic hydroxyl groups is 2. The third-order valence-corrected chi connectivity index (χ3v) is 7.61. The fraction of sp³-hybridized carbons (Fsp3) is 1.00. The third kappa shape index (κ3) is 4.12. The molecule has 6 unspecified atom stereocenters. The van der Waals surface area contributed by atoms with Crippen molar-refractivity contribution in [2.45, 2.75) is 96.7 Å². The molecule has 3 fully saturated rings. The molecule has 0 aromatic heterocycles. The second-order valence-electron chi connectivity index (χ2n) is 9.21. The molecular weight excluding hydrogens is 284 g/mol. The molecule has 134 valence electrons. The smallest absolute Gasteiger partial charge is 0.0566 e. The van der Waals surface area contributed by atoms with Crippen molar-refractivity contribution in [3.8, 4) is 0 Å². The number of hydrogen-bond donors (Lipinski definition) is 2. The Hall–Kier alpha value is -0.0800. The Morgan fingerprint density at radius 1 is 0.609 bits per heavy atom.